The summed E-state index contributed by atoms with van der Waals surface area (Å²) < 4.78 is 0. The van der Waals surface area contributed by atoms with Crippen LogP contribution < -0.4 is 10.6 Å². The van der Waals surface area contributed by atoms with Crippen LogP contribution in [0.15, 0.2) is 48.5 Å². The zero-order chi connectivity index (χ0) is 29.6. The van der Waals surface area contributed by atoms with E-state index in [2.05, 4.69) is 10.6 Å². The average Bonchev–Trinajstić information content (AvgIpc) is 3.02. The predicted octanol–water partition coefficient (Wildman–Crippen LogP) is 6.64. The van der Waals surface area contributed by atoms with Gasteiger partial charge < -0.3 is 20.4 Å². The Morgan fingerprint density at radius 1 is 0.524 bits per heavy atom. The molecule has 4 amide bonds. The number of hydrogen-bond donors (Lipinski definition) is 2. The molecule has 8 heteroatoms. The third-order valence-corrected chi connectivity index (χ3v) is 8.13. The van der Waals surface area contributed by atoms with Crippen molar-refractivity contribution in [3.05, 3.63) is 59.7 Å². The number of unbranched alkanes of at least 4 members (excludes halogenated alkanes) is 5. The first kappa shape index (κ1) is 31.3. The number of anilines is 2. The molecule has 2 aromatic carbocycles. The van der Waals surface area contributed by atoms with Gasteiger partial charge in [-0.25, -0.2) is 0 Å². The Labute approximate surface area is 250 Å². The van der Waals surface area contributed by atoms with E-state index in [-0.39, 0.29) is 23.6 Å². The molecule has 0 unspecified atom stereocenters. The molecule has 0 bridgehead atoms. The van der Waals surface area contributed by atoms with Gasteiger partial charge in [0.05, 0.1) is 0 Å². The summed E-state index contributed by atoms with van der Waals surface area (Å²) in [7, 11) is 0. The highest BCUT2D eigenvalue weighted by molar-refractivity contribution is 5.98. The fourth-order valence-corrected chi connectivity index (χ4v) is 5.74. The Morgan fingerprint density at radius 3 is 1.31 bits per heavy atom. The van der Waals surface area contributed by atoms with E-state index in [1.807, 2.05) is 46.2 Å². The molecule has 2 aromatic rings. The maximum absolute atomic E-state index is 12.7. The number of benzene rings is 2. The number of carbonyl (C=O) groups is 4. The van der Waals surface area contributed by atoms with Gasteiger partial charge in [0, 0.05) is 61.5 Å². The van der Waals surface area contributed by atoms with Crippen molar-refractivity contribution >= 4 is 35.0 Å². The molecule has 0 aliphatic carbocycles. The highest BCUT2D eigenvalue weighted by Crippen LogP contribution is 2.19. The number of nitrogens with zero attached hydrogens (tertiary/aromatic N) is 2. The molecular formula is C34H46N4O4. The molecule has 2 aliphatic rings. The predicted molar refractivity (Wildman–Crippen MR) is 167 cm³/mol. The van der Waals surface area contributed by atoms with Crippen LogP contribution in [0.25, 0.3) is 0 Å². The Bertz CT molecular complexity index is 1110. The van der Waals surface area contributed by atoms with Crippen molar-refractivity contribution in [1.29, 1.82) is 0 Å². The zero-order valence-electron chi connectivity index (χ0n) is 24.9. The molecule has 2 heterocycles. The molecular weight excluding hydrogens is 528 g/mol. The smallest absolute Gasteiger partial charge is 0.253 e. The van der Waals surface area contributed by atoms with Gasteiger partial charge in [0.15, 0.2) is 0 Å². The largest absolute Gasteiger partial charge is 0.339 e. The standard InChI is InChI=1S/C34H46N4O4/c39-31(35-29-17-13-15-27(25-29)33(41)37-21-9-5-10-22-37)19-7-3-1-2-4-8-20-32(40)36-30-18-14-16-28(26-30)34(42)38-23-11-6-12-24-38/h13-18,25-26H,1-12,19-24H2,(H,35,39)(H,36,40). The van der Waals surface area contributed by atoms with Gasteiger partial charge in [-0.2, -0.15) is 0 Å². The van der Waals surface area contributed by atoms with Gasteiger partial charge in [-0.1, -0.05) is 37.8 Å². The highest BCUT2D eigenvalue weighted by Gasteiger charge is 2.19. The molecule has 8 nitrogen and oxygen atoms in total. The third kappa shape index (κ3) is 10.00. The Hall–Kier alpha value is -3.68. The molecule has 226 valence electrons. The minimum absolute atomic E-state index is 0.0315. The summed E-state index contributed by atoms with van der Waals surface area (Å²) in [5, 5.41) is 5.87. The molecule has 0 aromatic heterocycles. The molecule has 2 fully saturated rings. The van der Waals surface area contributed by atoms with Crippen LogP contribution in [0.5, 0.6) is 0 Å². The summed E-state index contributed by atoms with van der Waals surface area (Å²) in [4.78, 5) is 54.1. The number of nitrogens with one attached hydrogen (secondary N) is 2. The van der Waals surface area contributed by atoms with E-state index in [4.69, 9.17) is 0 Å². The SMILES string of the molecule is O=C(CCCCCCCCC(=O)Nc1cccc(C(=O)N2CCCCC2)c1)Nc1cccc(C(=O)N2CCCCC2)c1. The van der Waals surface area contributed by atoms with Crippen LogP contribution in [-0.2, 0) is 9.59 Å². The van der Waals surface area contributed by atoms with E-state index < -0.39 is 0 Å². The topological polar surface area (TPSA) is 98.8 Å². The summed E-state index contributed by atoms with van der Waals surface area (Å²) in [6.07, 6.45) is 13.1. The van der Waals surface area contributed by atoms with Gasteiger partial charge in [0.2, 0.25) is 11.8 Å². The van der Waals surface area contributed by atoms with E-state index in [0.29, 0.717) is 35.3 Å². The zero-order valence-corrected chi connectivity index (χ0v) is 24.9. The van der Waals surface area contributed by atoms with Crippen LogP contribution in [0.1, 0.15) is 111 Å². The van der Waals surface area contributed by atoms with E-state index in [0.717, 1.165) is 90.4 Å². The van der Waals surface area contributed by atoms with Gasteiger partial charge >= 0.3 is 0 Å². The number of hydrogen-bond acceptors (Lipinski definition) is 4. The number of carbonyl (C=O) groups excluding carboxylic acids is 4. The van der Waals surface area contributed by atoms with Gasteiger partial charge in [0.25, 0.3) is 11.8 Å². The van der Waals surface area contributed by atoms with Crippen LogP contribution in [0.4, 0.5) is 11.4 Å². The molecule has 42 heavy (non-hydrogen) atoms. The third-order valence-electron chi connectivity index (χ3n) is 8.13. The van der Waals surface area contributed by atoms with Crippen molar-refractivity contribution in [3.63, 3.8) is 0 Å². The fraction of sp³-hybridized carbons (Fsp3) is 0.529. The van der Waals surface area contributed by atoms with Crippen LogP contribution in [0.2, 0.25) is 0 Å². The second kappa shape index (κ2) is 16.7. The fourth-order valence-electron chi connectivity index (χ4n) is 5.74. The maximum atomic E-state index is 12.7. The summed E-state index contributed by atoms with van der Waals surface area (Å²) in [5.74, 6) is 0.0151. The van der Waals surface area contributed by atoms with E-state index >= 15 is 0 Å². The molecule has 0 saturated carbocycles. The van der Waals surface area contributed by atoms with Crippen molar-refractivity contribution in [1.82, 2.24) is 9.80 Å². The summed E-state index contributed by atoms with van der Waals surface area (Å²) in [5.41, 5.74) is 2.59. The molecule has 0 radical (unpaired) electrons. The first-order valence-corrected chi connectivity index (χ1v) is 15.9. The number of rotatable bonds is 13. The second-order valence-electron chi connectivity index (χ2n) is 11.6. The van der Waals surface area contributed by atoms with Gasteiger partial charge in [-0.3, -0.25) is 19.2 Å². The Kier molecular flexibility index (Phi) is 12.4. The van der Waals surface area contributed by atoms with Crippen molar-refractivity contribution in [2.24, 2.45) is 0 Å². The van der Waals surface area contributed by atoms with Crippen LogP contribution in [0, 0.1) is 0 Å². The second-order valence-corrected chi connectivity index (χ2v) is 11.6. The minimum Gasteiger partial charge on any atom is -0.339 e. The van der Waals surface area contributed by atoms with E-state index in [9.17, 15) is 19.2 Å². The normalized spacial score (nSPS) is 15.2. The maximum Gasteiger partial charge on any atom is 0.253 e. The van der Waals surface area contributed by atoms with Crippen molar-refractivity contribution < 1.29 is 19.2 Å². The van der Waals surface area contributed by atoms with Crippen LogP contribution in [0.3, 0.4) is 0 Å². The lowest BCUT2D eigenvalue weighted by Crippen LogP contribution is -2.35. The lowest BCUT2D eigenvalue weighted by Gasteiger charge is -2.26. The number of amides is 4. The number of likely N-dealkylation sites (tertiary alicyclic amines) is 2. The lowest BCUT2D eigenvalue weighted by molar-refractivity contribution is -0.117. The summed E-state index contributed by atoms with van der Waals surface area (Å²) in [6, 6.07) is 14.5. The summed E-state index contributed by atoms with van der Waals surface area (Å²) >= 11 is 0. The first-order valence-electron chi connectivity index (χ1n) is 15.9. The molecule has 0 atom stereocenters. The monoisotopic (exact) mass is 574 g/mol. The summed E-state index contributed by atoms with van der Waals surface area (Å²) in [6.45, 7) is 3.22. The van der Waals surface area contributed by atoms with E-state index in [1.165, 1.54) is 12.8 Å². The van der Waals surface area contributed by atoms with E-state index in [1.54, 1.807) is 12.1 Å². The highest BCUT2D eigenvalue weighted by atomic mass is 16.2. The first-order chi connectivity index (χ1) is 20.5. The Morgan fingerprint density at radius 2 is 0.905 bits per heavy atom. The van der Waals surface area contributed by atoms with Gasteiger partial charge in [0.1, 0.15) is 0 Å². The quantitative estimate of drug-likeness (QED) is 0.262. The van der Waals surface area contributed by atoms with Gasteiger partial charge in [-0.05, 0) is 87.8 Å². The number of piperidine rings is 2. The van der Waals surface area contributed by atoms with Crippen LogP contribution >= 0.6 is 0 Å². The molecule has 2 aliphatic heterocycles. The molecule has 2 saturated heterocycles. The molecule has 2 N–H and O–H groups in total. The molecule has 4 rings (SSSR count). The van der Waals surface area contributed by atoms with Crippen LogP contribution in [-0.4, -0.2) is 59.6 Å². The minimum atomic E-state index is -0.0315. The van der Waals surface area contributed by atoms with Crippen molar-refractivity contribution in [2.45, 2.75) is 89.9 Å². The molecule has 0 spiro atoms. The van der Waals surface area contributed by atoms with Gasteiger partial charge in [-0.15, -0.1) is 0 Å². The Balaban J connectivity index is 1.05. The lowest BCUT2D eigenvalue weighted by atomic mass is 10.1. The van der Waals surface area contributed by atoms with Crippen molar-refractivity contribution in [3.8, 4) is 0 Å². The average molecular weight is 575 g/mol. The van der Waals surface area contributed by atoms with Crippen molar-refractivity contribution in [2.75, 3.05) is 36.8 Å².